The largest absolute Gasteiger partial charge is 0.400 e. The van der Waals surface area contributed by atoms with Crippen molar-refractivity contribution >= 4 is 45.7 Å². The maximum Gasteiger partial charge on any atom is 0.220 e. The zero-order chi connectivity index (χ0) is 34.4. The number of ether oxygens (including phenoxy) is 1. The molecular formula is C38H51N5O4. The van der Waals surface area contributed by atoms with Gasteiger partial charge in [0.15, 0.2) is 6.29 Å². The third-order valence-corrected chi connectivity index (χ3v) is 9.28. The van der Waals surface area contributed by atoms with Gasteiger partial charge in [-0.3, -0.25) is 9.78 Å². The molecule has 3 unspecified atom stereocenters. The lowest BCUT2D eigenvalue weighted by atomic mass is 10.0. The molecule has 8 bridgehead atoms. The first-order valence-electron chi connectivity index (χ1n) is 16.6. The van der Waals surface area contributed by atoms with Crippen molar-refractivity contribution in [2.75, 3.05) is 13.7 Å². The van der Waals surface area contributed by atoms with E-state index in [0.29, 0.717) is 18.9 Å². The van der Waals surface area contributed by atoms with E-state index in [9.17, 15) is 9.90 Å². The number of H-pyrrole nitrogens is 2. The Labute approximate surface area is 278 Å². The molecule has 5 N–H and O–H groups in total. The van der Waals surface area contributed by atoms with Crippen LogP contribution in [-0.4, -0.2) is 62.1 Å². The highest BCUT2D eigenvalue weighted by atomic mass is 16.6. The van der Waals surface area contributed by atoms with Crippen molar-refractivity contribution in [2.45, 2.75) is 98.8 Å². The fraction of sp³-hybridized carbons (Fsp3) is 0.447. The number of hydrogen-bond donors (Lipinski definition) is 5. The summed E-state index contributed by atoms with van der Waals surface area (Å²) >= 11 is 0. The van der Waals surface area contributed by atoms with Crippen LogP contribution in [0.4, 0.5) is 0 Å². The van der Waals surface area contributed by atoms with Crippen LogP contribution in [0.3, 0.4) is 0 Å². The molecule has 3 atom stereocenters. The summed E-state index contributed by atoms with van der Waals surface area (Å²) in [5.41, 5.74) is 16.0. The molecule has 6 heterocycles. The normalized spacial score (nSPS) is 18.7. The first-order chi connectivity index (χ1) is 22.5. The molecule has 0 radical (unpaired) electrons. The van der Waals surface area contributed by atoms with Gasteiger partial charge in [0.1, 0.15) is 0 Å². The molecule has 1 amide bonds. The second-order valence-corrected chi connectivity index (χ2v) is 12.4. The number of aryl methyl sites for hydroxylation is 3. The Balaban J connectivity index is 0.000000301. The van der Waals surface area contributed by atoms with Crippen LogP contribution < -0.4 is 5.32 Å². The van der Waals surface area contributed by atoms with Gasteiger partial charge < -0.3 is 30.2 Å². The molecule has 47 heavy (non-hydrogen) atoms. The summed E-state index contributed by atoms with van der Waals surface area (Å²) in [5.74, 6) is 0.333. The summed E-state index contributed by atoms with van der Waals surface area (Å²) in [6.45, 7) is 19.6. The van der Waals surface area contributed by atoms with Crippen LogP contribution in [0.25, 0.3) is 39.8 Å². The Morgan fingerprint density at radius 3 is 2.38 bits per heavy atom. The maximum atomic E-state index is 10.9. The quantitative estimate of drug-likeness (QED) is 0.209. The first kappa shape index (κ1) is 35.8. The molecule has 1 saturated heterocycles. The highest BCUT2D eigenvalue weighted by molar-refractivity contribution is 5.86. The van der Waals surface area contributed by atoms with Crippen LogP contribution in [0, 0.1) is 20.8 Å². The SMILES string of the molecule is C=Cc1c(C)c2cc3nc(c(C)c4nc(cc5[nH]c(cc1[nH]2)c(C)c5CC)C(C)=C4)CC3C.CCC(=O)NC1CCCOC1O.CO. The fourth-order valence-corrected chi connectivity index (χ4v) is 6.36. The first-order valence-corrected chi connectivity index (χ1v) is 16.6. The van der Waals surface area contributed by atoms with Gasteiger partial charge in [0.05, 0.1) is 17.4 Å². The summed E-state index contributed by atoms with van der Waals surface area (Å²) in [4.78, 5) is 28.3. The van der Waals surface area contributed by atoms with Gasteiger partial charge in [0, 0.05) is 65.1 Å². The van der Waals surface area contributed by atoms with E-state index in [-0.39, 0.29) is 11.9 Å². The lowest BCUT2D eigenvalue weighted by Crippen LogP contribution is -2.46. The Kier molecular flexibility index (Phi) is 12.0. The minimum absolute atomic E-state index is 0.0375. The van der Waals surface area contributed by atoms with Crippen LogP contribution in [0.2, 0.25) is 0 Å². The molecule has 0 saturated carbocycles. The number of allylic oxidation sites excluding steroid dienone is 1. The van der Waals surface area contributed by atoms with Crippen LogP contribution in [0.1, 0.15) is 103 Å². The third-order valence-electron chi connectivity index (χ3n) is 9.28. The van der Waals surface area contributed by atoms with Crippen molar-refractivity contribution in [1.82, 2.24) is 25.3 Å². The highest BCUT2D eigenvalue weighted by Crippen LogP contribution is 2.32. The van der Waals surface area contributed by atoms with Crippen LogP contribution in [0.15, 0.2) is 24.8 Å². The van der Waals surface area contributed by atoms with Gasteiger partial charge in [-0.2, -0.15) is 0 Å². The molecule has 3 aromatic rings. The van der Waals surface area contributed by atoms with Gasteiger partial charge in [-0.25, -0.2) is 4.98 Å². The molecule has 0 spiro atoms. The second kappa shape index (κ2) is 15.7. The molecule has 252 valence electrons. The van der Waals surface area contributed by atoms with Gasteiger partial charge in [-0.05, 0) is 105 Å². The number of fused-ring (bicyclic) bond motifs is 8. The number of hydrogen-bond acceptors (Lipinski definition) is 6. The average Bonchev–Trinajstić information content (AvgIpc) is 3.79. The molecule has 6 rings (SSSR count). The number of aromatic nitrogens is 4. The Morgan fingerprint density at radius 1 is 1.02 bits per heavy atom. The predicted molar refractivity (Wildman–Crippen MR) is 192 cm³/mol. The van der Waals surface area contributed by atoms with E-state index in [2.05, 4.69) is 87.7 Å². The number of aliphatic hydroxyl groups excluding tert-OH is 2. The number of rotatable bonds is 4. The molecule has 0 aromatic carbocycles. The van der Waals surface area contributed by atoms with Crippen molar-refractivity contribution in [3.05, 3.63) is 75.4 Å². The van der Waals surface area contributed by atoms with Gasteiger partial charge in [-0.1, -0.05) is 33.4 Å². The van der Waals surface area contributed by atoms with Crippen LogP contribution in [0.5, 0.6) is 0 Å². The number of nitrogens with one attached hydrogen (secondary N) is 3. The number of nitrogens with zero attached hydrogens (tertiary/aromatic N) is 2. The molecule has 3 aliphatic heterocycles. The average molecular weight is 642 g/mol. The van der Waals surface area contributed by atoms with E-state index < -0.39 is 6.29 Å². The van der Waals surface area contributed by atoms with Gasteiger partial charge in [-0.15, -0.1) is 0 Å². The minimum Gasteiger partial charge on any atom is -0.400 e. The maximum absolute atomic E-state index is 10.9. The van der Waals surface area contributed by atoms with Crippen LogP contribution >= 0.6 is 0 Å². The number of aliphatic hydroxyl groups is 2. The summed E-state index contributed by atoms with van der Waals surface area (Å²) < 4.78 is 4.98. The van der Waals surface area contributed by atoms with E-state index >= 15 is 0 Å². The Hall–Kier alpha value is -4.05. The topological polar surface area (TPSA) is 136 Å². The summed E-state index contributed by atoms with van der Waals surface area (Å²) in [5, 5.41) is 19.0. The van der Waals surface area contributed by atoms with Crippen molar-refractivity contribution in [3.8, 4) is 0 Å². The second-order valence-electron chi connectivity index (χ2n) is 12.4. The zero-order valence-corrected chi connectivity index (χ0v) is 29.2. The van der Waals surface area contributed by atoms with Crippen molar-refractivity contribution in [2.24, 2.45) is 0 Å². The molecular weight excluding hydrogens is 590 g/mol. The molecule has 1 fully saturated rings. The Bertz CT molecular complexity index is 1820. The van der Waals surface area contributed by atoms with Gasteiger partial charge in [0.2, 0.25) is 5.91 Å². The van der Waals surface area contributed by atoms with Crippen molar-refractivity contribution < 1.29 is 19.7 Å². The van der Waals surface area contributed by atoms with Gasteiger partial charge in [0.25, 0.3) is 0 Å². The van der Waals surface area contributed by atoms with Crippen LogP contribution in [-0.2, 0) is 22.4 Å². The smallest absolute Gasteiger partial charge is 0.220 e. The summed E-state index contributed by atoms with van der Waals surface area (Å²) in [6.07, 6.45) is 7.36. The number of amides is 1. The minimum atomic E-state index is -0.825. The van der Waals surface area contributed by atoms with E-state index in [1.54, 1.807) is 6.92 Å². The highest BCUT2D eigenvalue weighted by Gasteiger charge is 2.24. The van der Waals surface area contributed by atoms with E-state index in [4.69, 9.17) is 19.8 Å². The molecule has 9 heteroatoms. The molecule has 0 aliphatic carbocycles. The number of aromatic amines is 2. The number of carbonyl (C=O) groups is 1. The zero-order valence-electron chi connectivity index (χ0n) is 29.2. The van der Waals surface area contributed by atoms with Crippen molar-refractivity contribution in [3.63, 3.8) is 0 Å². The fourth-order valence-electron chi connectivity index (χ4n) is 6.36. The standard InChI is InChI=1S/C29H32N4.C8H15NO3.CH4O/c1-8-20-18(6)27-14-29-21(9-2)17(5)26(32-29)12-22-15(3)10-24(30-22)19(7)25-11-16(4)23(31-25)13-28(20)33-27;1-2-7(10)9-6-4-3-5-12-8(6)11;1-2/h9,11-15,32-33H,2,8,10H2,1,3-7H3;6,8,11H,2-5H2,1H3,(H,9,10);2H,1H3. The monoisotopic (exact) mass is 641 g/mol. The van der Waals surface area contributed by atoms with E-state index in [0.717, 1.165) is 83.2 Å². The molecule has 3 aromatic heterocycles. The lowest BCUT2D eigenvalue weighted by Gasteiger charge is -2.28. The number of carbonyl (C=O) groups excluding carboxylic acids is 1. The van der Waals surface area contributed by atoms with Crippen molar-refractivity contribution in [1.29, 1.82) is 0 Å². The van der Waals surface area contributed by atoms with E-state index in [1.807, 2.05) is 6.08 Å². The Morgan fingerprint density at radius 2 is 1.72 bits per heavy atom. The molecule has 3 aliphatic rings. The predicted octanol–water partition coefficient (Wildman–Crippen LogP) is 6.97. The molecule has 9 nitrogen and oxygen atoms in total. The summed E-state index contributed by atoms with van der Waals surface area (Å²) in [6, 6.07) is 6.41. The van der Waals surface area contributed by atoms with E-state index in [1.165, 1.54) is 27.8 Å². The third kappa shape index (κ3) is 7.75. The summed E-state index contributed by atoms with van der Waals surface area (Å²) in [7, 11) is 1.00. The lowest BCUT2D eigenvalue weighted by molar-refractivity contribution is -0.150. The van der Waals surface area contributed by atoms with Gasteiger partial charge >= 0.3 is 0 Å².